The van der Waals surface area contributed by atoms with Gasteiger partial charge in [-0.15, -0.1) is 0 Å². The number of primary amides is 1. The van der Waals surface area contributed by atoms with Gasteiger partial charge in [0.05, 0.1) is 0 Å². The molecule has 221 valence electrons. The minimum absolute atomic E-state index is 0.0841. The maximum atomic E-state index is 14.3. The third-order valence-corrected chi connectivity index (χ3v) is 8.84. The second kappa shape index (κ2) is 11.3. The quantitative estimate of drug-likeness (QED) is 0.326. The molecule has 10 nitrogen and oxygen atoms in total. The molecule has 3 aliphatic carbocycles. The normalized spacial score (nSPS) is 25.8. The standard InChI is InChI=1S/C30H42BN4O6/c1-8-9-10-35(6)14-16-13-19(36)21-17(23(16)33(2)3)11-15-12-18-24(34(4)5)26(38)22(29(32)39)27(31)30(18,40)28(41-7)20(15)25(21)37/h13,15,18,24,36,38,40H,8-12,14H2,1-7H3,(H2,32,39)/t15-,18-,24-,30+/m0/s1. The second-order valence-electron chi connectivity index (χ2n) is 12.0. The molecular weight excluding hydrogens is 523 g/mol. The average molecular weight is 566 g/mol. The molecule has 41 heavy (non-hydrogen) atoms. The van der Waals surface area contributed by atoms with Crippen LogP contribution in [0.1, 0.15) is 47.7 Å². The van der Waals surface area contributed by atoms with Gasteiger partial charge in [0.2, 0.25) is 0 Å². The summed E-state index contributed by atoms with van der Waals surface area (Å²) < 4.78 is 5.75. The number of aliphatic hydroxyl groups excluding tert-OH is 1. The van der Waals surface area contributed by atoms with Crippen LogP contribution in [-0.4, -0.2) is 110 Å². The van der Waals surface area contributed by atoms with Crippen LogP contribution in [0.15, 0.2) is 28.7 Å². The van der Waals surface area contributed by atoms with Crippen molar-refractivity contribution in [2.75, 3.05) is 53.8 Å². The predicted molar refractivity (Wildman–Crippen MR) is 159 cm³/mol. The van der Waals surface area contributed by atoms with Crippen LogP contribution in [0, 0.1) is 11.8 Å². The third kappa shape index (κ3) is 4.77. The summed E-state index contributed by atoms with van der Waals surface area (Å²) >= 11 is 0. The number of rotatable bonds is 9. The van der Waals surface area contributed by atoms with Crippen LogP contribution in [0.5, 0.6) is 5.75 Å². The van der Waals surface area contributed by atoms with Gasteiger partial charge in [0.25, 0.3) is 0 Å². The number of hydrogen-bond donors (Lipinski definition) is 4. The van der Waals surface area contributed by atoms with Crippen molar-refractivity contribution in [3.63, 3.8) is 0 Å². The van der Waals surface area contributed by atoms with Gasteiger partial charge in [-0.3, -0.25) is 0 Å². The number of carbonyl (C=O) groups excluding carboxylic acids is 2. The van der Waals surface area contributed by atoms with Gasteiger partial charge in [-0.2, -0.15) is 0 Å². The molecule has 1 amide bonds. The van der Waals surface area contributed by atoms with Gasteiger partial charge >= 0.3 is 223 Å². The summed E-state index contributed by atoms with van der Waals surface area (Å²) in [6.45, 7) is 3.65. The average Bonchev–Trinajstić information content (AvgIpc) is 2.87. The van der Waals surface area contributed by atoms with Crippen molar-refractivity contribution in [1.29, 1.82) is 0 Å². The van der Waals surface area contributed by atoms with E-state index in [9.17, 15) is 24.9 Å². The monoisotopic (exact) mass is 565 g/mol. The number of nitrogens with two attached hydrogens (primary N) is 1. The molecule has 0 saturated carbocycles. The van der Waals surface area contributed by atoms with Gasteiger partial charge in [-0.1, -0.05) is 13.3 Å². The van der Waals surface area contributed by atoms with E-state index in [-0.39, 0.29) is 45.9 Å². The van der Waals surface area contributed by atoms with Gasteiger partial charge in [0.15, 0.2) is 0 Å². The number of carbonyl (C=O) groups is 2. The number of phenolic OH excluding ortho intramolecular Hbond substituents is 1. The summed E-state index contributed by atoms with van der Waals surface area (Å²) in [4.78, 5) is 32.5. The zero-order chi connectivity index (χ0) is 30.5. The Morgan fingerprint density at radius 2 is 1.88 bits per heavy atom. The minimum atomic E-state index is -2.08. The number of likely N-dealkylation sites (N-methyl/N-ethyl adjacent to an activating group) is 1. The molecule has 0 unspecified atom stereocenters. The van der Waals surface area contributed by atoms with Crippen molar-refractivity contribution >= 4 is 30.3 Å². The summed E-state index contributed by atoms with van der Waals surface area (Å²) in [5, 5.41) is 34.6. The van der Waals surface area contributed by atoms with Crippen molar-refractivity contribution in [1.82, 2.24) is 9.80 Å². The van der Waals surface area contributed by atoms with Crippen LogP contribution in [0.25, 0.3) is 0 Å². The Labute approximate surface area is 243 Å². The Bertz CT molecular complexity index is 1350. The van der Waals surface area contributed by atoms with E-state index in [0.29, 0.717) is 13.0 Å². The van der Waals surface area contributed by atoms with Crippen LogP contribution in [0.2, 0.25) is 0 Å². The summed E-state index contributed by atoms with van der Waals surface area (Å²) in [7, 11) is 17.0. The molecule has 4 atom stereocenters. The van der Waals surface area contributed by atoms with Crippen LogP contribution in [-0.2, 0) is 22.5 Å². The van der Waals surface area contributed by atoms with Crippen molar-refractivity contribution in [2.45, 2.75) is 50.8 Å². The van der Waals surface area contributed by atoms with Crippen molar-refractivity contribution in [2.24, 2.45) is 17.6 Å². The molecule has 0 heterocycles. The zero-order valence-electron chi connectivity index (χ0n) is 25.1. The fourth-order valence-electron chi connectivity index (χ4n) is 7.18. The SMILES string of the molecule is [B]=C1C(C(N)=O)=C(O)[C@@H](N(C)C)[C@@H]2C[C@@H]3Cc4c(c(O)cc(CN(C)CCCC)c4N(C)C)C(=O)C3=C(OC)[C@]12O. The molecule has 0 aromatic heterocycles. The third-order valence-electron chi connectivity index (χ3n) is 8.84. The van der Waals surface area contributed by atoms with Gasteiger partial charge in [0.1, 0.15) is 0 Å². The fraction of sp³-hybridized carbons (Fsp3) is 0.567. The van der Waals surface area contributed by atoms with Crippen LogP contribution >= 0.6 is 0 Å². The van der Waals surface area contributed by atoms with E-state index in [1.54, 1.807) is 25.1 Å². The number of allylic oxidation sites excluding steroid dienone is 1. The van der Waals surface area contributed by atoms with Crippen LogP contribution in [0.4, 0.5) is 5.69 Å². The van der Waals surface area contributed by atoms with E-state index in [1.165, 1.54) is 7.11 Å². The molecule has 11 heteroatoms. The first-order valence-corrected chi connectivity index (χ1v) is 14.0. The molecule has 4 rings (SSSR count). The predicted octanol–water partition coefficient (Wildman–Crippen LogP) is 1.28. The van der Waals surface area contributed by atoms with Crippen LogP contribution < -0.4 is 10.6 Å². The first-order valence-electron chi connectivity index (χ1n) is 14.0. The summed E-state index contributed by atoms with van der Waals surface area (Å²) in [6.07, 6.45) is 2.78. The number of amides is 1. The first kappa shape index (κ1) is 30.8. The van der Waals surface area contributed by atoms with E-state index >= 15 is 0 Å². The Hall–Kier alpha value is -3.15. The van der Waals surface area contributed by atoms with E-state index in [1.807, 2.05) is 26.0 Å². The topological polar surface area (TPSA) is 140 Å². The molecule has 0 fully saturated rings. The molecule has 0 spiro atoms. The molecule has 0 bridgehead atoms. The van der Waals surface area contributed by atoms with E-state index < -0.39 is 35.2 Å². The van der Waals surface area contributed by atoms with Crippen molar-refractivity contribution < 1.29 is 29.6 Å². The molecule has 0 aliphatic heterocycles. The number of aliphatic hydroxyl groups is 2. The number of phenols is 1. The summed E-state index contributed by atoms with van der Waals surface area (Å²) in [5.41, 5.74) is 5.68. The van der Waals surface area contributed by atoms with E-state index in [0.717, 1.165) is 36.2 Å². The molecule has 0 saturated heterocycles. The summed E-state index contributed by atoms with van der Waals surface area (Å²) in [6, 6.07) is 0.829. The van der Waals surface area contributed by atoms with E-state index in [4.69, 9.17) is 18.0 Å². The Morgan fingerprint density at radius 3 is 2.41 bits per heavy atom. The first-order chi connectivity index (χ1) is 19.2. The van der Waals surface area contributed by atoms with Crippen molar-refractivity contribution in [3.05, 3.63) is 45.4 Å². The number of methoxy groups -OCH3 is 1. The fourth-order valence-corrected chi connectivity index (χ4v) is 7.18. The summed E-state index contributed by atoms with van der Waals surface area (Å²) in [5.74, 6) is -3.14. The molecule has 1 radical (unpaired) electrons. The van der Waals surface area contributed by atoms with Gasteiger partial charge in [-0.25, -0.2) is 0 Å². The molecule has 1 aromatic rings. The molecule has 1 aromatic carbocycles. The number of hydrogen-bond acceptors (Lipinski definition) is 9. The number of anilines is 1. The molecular formula is C30H42BN4O6. The van der Waals surface area contributed by atoms with Crippen molar-refractivity contribution in [3.8, 4) is 5.75 Å². The number of Topliss-reactive ketones (excluding diaryl/α,β-unsaturated/α-hetero) is 1. The maximum absolute atomic E-state index is 14.3. The number of ether oxygens (including phenoxy) is 1. The number of ketones is 1. The number of nitrogens with zero attached hydrogens (tertiary/aromatic N) is 3. The Balaban J connectivity index is 1.94. The van der Waals surface area contributed by atoms with Crippen LogP contribution in [0.3, 0.4) is 0 Å². The zero-order valence-corrected chi connectivity index (χ0v) is 25.1. The van der Waals surface area contributed by atoms with E-state index in [2.05, 4.69) is 11.8 Å². The Morgan fingerprint density at radius 1 is 1.22 bits per heavy atom. The number of fused-ring (bicyclic) bond motifs is 3. The number of unbranched alkanes of at least 4 members (excludes halogenated alkanes) is 1. The second-order valence-corrected chi connectivity index (χ2v) is 12.0. The Kier molecular flexibility index (Phi) is 8.46. The molecule has 5 N–H and O–H groups in total. The number of benzene rings is 1. The number of aromatic hydroxyl groups is 1. The van der Waals surface area contributed by atoms with Gasteiger partial charge in [-0.05, 0) is 6.42 Å². The molecule has 3 aliphatic rings. The van der Waals surface area contributed by atoms with Gasteiger partial charge in [0, 0.05) is 0 Å². The van der Waals surface area contributed by atoms with Gasteiger partial charge < -0.3 is 0 Å².